The number of carbonyl (C=O) groups is 2. The number of hydrogen-bond donors (Lipinski definition) is 1. The minimum atomic E-state index is -0.834. The van der Waals surface area contributed by atoms with Crippen LogP contribution in [-0.4, -0.2) is 34.3 Å². The summed E-state index contributed by atoms with van der Waals surface area (Å²) < 4.78 is 17.4. The van der Waals surface area contributed by atoms with Crippen LogP contribution >= 0.6 is 0 Å². The molecule has 0 spiro atoms. The average Bonchev–Trinajstić information content (AvgIpc) is 3.20. The van der Waals surface area contributed by atoms with Crippen molar-refractivity contribution in [3.8, 4) is 11.5 Å². The van der Waals surface area contributed by atoms with Crippen molar-refractivity contribution in [2.45, 2.75) is 20.4 Å². The normalized spacial score (nSPS) is 12.5. The van der Waals surface area contributed by atoms with Gasteiger partial charge in [0.05, 0.1) is 0 Å². The fourth-order valence-corrected chi connectivity index (χ4v) is 3.02. The van der Waals surface area contributed by atoms with Crippen LogP contribution in [0.2, 0.25) is 0 Å². The van der Waals surface area contributed by atoms with Gasteiger partial charge in [-0.05, 0) is 29.7 Å². The first-order valence-electron chi connectivity index (χ1n) is 9.56. The molecule has 0 bridgehead atoms. The van der Waals surface area contributed by atoms with E-state index in [2.05, 4.69) is 0 Å². The van der Waals surface area contributed by atoms with Gasteiger partial charge >= 0.3 is 11.7 Å². The van der Waals surface area contributed by atoms with E-state index in [-0.39, 0.29) is 30.6 Å². The van der Waals surface area contributed by atoms with Crippen molar-refractivity contribution in [2.24, 2.45) is 13.0 Å². The largest absolute Gasteiger partial charge is 0.454 e. The molecule has 0 radical (unpaired) electrons. The number of fused-ring (bicyclic) bond motifs is 1. The van der Waals surface area contributed by atoms with Crippen LogP contribution in [0.3, 0.4) is 0 Å². The highest BCUT2D eigenvalue weighted by Gasteiger charge is 2.22. The molecule has 0 amide bonds. The Morgan fingerprint density at radius 3 is 2.65 bits per heavy atom. The fraction of sp³-hybridized carbons (Fsp3) is 0.333. The summed E-state index contributed by atoms with van der Waals surface area (Å²) in [6.07, 6.45) is 2.64. The zero-order valence-electron chi connectivity index (χ0n) is 17.4. The van der Waals surface area contributed by atoms with E-state index < -0.39 is 29.6 Å². The highest BCUT2D eigenvalue weighted by Crippen LogP contribution is 2.32. The molecule has 0 saturated heterocycles. The van der Waals surface area contributed by atoms with E-state index in [1.807, 2.05) is 13.8 Å². The summed E-state index contributed by atoms with van der Waals surface area (Å²) in [7, 11) is 1.26. The molecule has 10 nitrogen and oxygen atoms in total. The van der Waals surface area contributed by atoms with Crippen molar-refractivity contribution in [3.63, 3.8) is 0 Å². The lowest BCUT2D eigenvalue weighted by atomic mass is 10.1. The number of rotatable bonds is 7. The Balaban J connectivity index is 1.72. The fourth-order valence-electron chi connectivity index (χ4n) is 3.02. The number of ether oxygens (including phenoxy) is 3. The minimum Gasteiger partial charge on any atom is -0.454 e. The lowest BCUT2D eigenvalue weighted by Gasteiger charge is -2.16. The van der Waals surface area contributed by atoms with E-state index in [0.717, 1.165) is 10.6 Å². The zero-order valence-corrected chi connectivity index (χ0v) is 17.4. The number of nitrogen functional groups attached to an aromatic ring is 1. The number of Topliss-reactive ketones (excluding diaryl/α,β-unsaturated/α-hetero) is 1. The van der Waals surface area contributed by atoms with Crippen LogP contribution in [0.1, 0.15) is 29.8 Å². The van der Waals surface area contributed by atoms with Crippen molar-refractivity contribution >= 4 is 23.6 Å². The third kappa shape index (κ3) is 4.68. The molecule has 0 saturated carbocycles. The van der Waals surface area contributed by atoms with Crippen LogP contribution in [-0.2, 0) is 23.1 Å². The molecule has 0 fully saturated rings. The molecule has 1 aromatic heterocycles. The molecular formula is C21H23N3O7. The first-order chi connectivity index (χ1) is 14.7. The lowest BCUT2D eigenvalue weighted by Crippen LogP contribution is -2.43. The summed E-state index contributed by atoms with van der Waals surface area (Å²) in [6.45, 7) is 3.42. The predicted molar refractivity (Wildman–Crippen MR) is 112 cm³/mol. The molecule has 1 aliphatic heterocycles. The van der Waals surface area contributed by atoms with Gasteiger partial charge < -0.3 is 19.9 Å². The molecule has 2 aromatic rings. The van der Waals surface area contributed by atoms with Gasteiger partial charge in [0.25, 0.3) is 5.56 Å². The Kier molecular flexibility index (Phi) is 6.28. The van der Waals surface area contributed by atoms with E-state index in [1.54, 1.807) is 18.2 Å². The van der Waals surface area contributed by atoms with Gasteiger partial charge in [-0.2, -0.15) is 0 Å². The van der Waals surface area contributed by atoms with Gasteiger partial charge in [-0.15, -0.1) is 0 Å². The molecular weight excluding hydrogens is 406 g/mol. The van der Waals surface area contributed by atoms with Crippen LogP contribution in [0.4, 0.5) is 5.82 Å². The second-order valence-corrected chi connectivity index (χ2v) is 7.39. The Morgan fingerprint density at radius 1 is 1.23 bits per heavy atom. The average molecular weight is 429 g/mol. The Hall–Kier alpha value is -3.82. The highest BCUT2D eigenvalue weighted by atomic mass is 16.7. The predicted octanol–water partition coefficient (Wildman–Crippen LogP) is 0.953. The van der Waals surface area contributed by atoms with Crippen molar-refractivity contribution in [1.82, 2.24) is 9.13 Å². The van der Waals surface area contributed by atoms with Crippen LogP contribution in [0.25, 0.3) is 6.08 Å². The molecule has 1 aromatic carbocycles. The van der Waals surface area contributed by atoms with Gasteiger partial charge in [0.15, 0.2) is 18.1 Å². The third-order valence-corrected chi connectivity index (χ3v) is 4.56. The number of nitrogens with zero attached hydrogens (tertiary/aromatic N) is 2. The number of aromatic nitrogens is 2. The van der Waals surface area contributed by atoms with Crippen molar-refractivity contribution in [1.29, 1.82) is 0 Å². The van der Waals surface area contributed by atoms with Gasteiger partial charge in [0.2, 0.25) is 12.6 Å². The lowest BCUT2D eigenvalue weighted by molar-refractivity contribution is -0.136. The van der Waals surface area contributed by atoms with Crippen LogP contribution in [0.5, 0.6) is 11.5 Å². The number of hydrogen-bond acceptors (Lipinski definition) is 8. The van der Waals surface area contributed by atoms with E-state index in [0.29, 0.717) is 17.1 Å². The summed E-state index contributed by atoms with van der Waals surface area (Å²) in [6, 6.07) is 5.13. The van der Waals surface area contributed by atoms with Crippen molar-refractivity contribution < 1.29 is 23.8 Å². The zero-order chi connectivity index (χ0) is 22.7. The first kappa shape index (κ1) is 21.9. The maximum atomic E-state index is 12.6. The second kappa shape index (κ2) is 8.90. The first-order valence-corrected chi connectivity index (χ1v) is 9.56. The molecule has 0 atom stereocenters. The molecule has 1 aliphatic rings. The topological polar surface area (TPSA) is 132 Å². The van der Waals surface area contributed by atoms with Crippen LogP contribution in [0.15, 0.2) is 33.9 Å². The maximum absolute atomic E-state index is 12.6. The van der Waals surface area contributed by atoms with E-state index >= 15 is 0 Å². The molecule has 10 heteroatoms. The Labute approximate surface area is 177 Å². The highest BCUT2D eigenvalue weighted by molar-refractivity contribution is 6.02. The van der Waals surface area contributed by atoms with Crippen molar-refractivity contribution in [2.75, 3.05) is 19.1 Å². The number of esters is 1. The molecule has 3 rings (SSSR count). The second-order valence-electron chi connectivity index (χ2n) is 7.39. The van der Waals surface area contributed by atoms with Gasteiger partial charge in [-0.3, -0.25) is 18.7 Å². The molecule has 2 N–H and O–H groups in total. The van der Waals surface area contributed by atoms with E-state index in [9.17, 15) is 19.2 Å². The minimum absolute atomic E-state index is 0.0552. The Bertz CT molecular complexity index is 1170. The van der Waals surface area contributed by atoms with E-state index in [4.69, 9.17) is 19.9 Å². The number of ketones is 1. The summed E-state index contributed by atoms with van der Waals surface area (Å²) in [5, 5.41) is 0. The number of anilines is 1. The van der Waals surface area contributed by atoms with E-state index in [1.165, 1.54) is 17.7 Å². The van der Waals surface area contributed by atoms with Crippen LogP contribution in [0, 0.1) is 5.92 Å². The number of carbonyl (C=O) groups excluding carboxylic acids is 2. The molecule has 164 valence electrons. The number of benzene rings is 1. The molecule has 2 heterocycles. The van der Waals surface area contributed by atoms with Gasteiger partial charge in [-0.1, -0.05) is 19.9 Å². The molecule has 31 heavy (non-hydrogen) atoms. The maximum Gasteiger partial charge on any atom is 0.332 e. The summed E-state index contributed by atoms with van der Waals surface area (Å²) in [4.78, 5) is 49.3. The third-order valence-electron chi connectivity index (χ3n) is 4.56. The summed E-state index contributed by atoms with van der Waals surface area (Å²) >= 11 is 0. The monoisotopic (exact) mass is 429 g/mol. The van der Waals surface area contributed by atoms with Gasteiger partial charge in [0, 0.05) is 19.7 Å². The molecule has 0 aliphatic carbocycles. The standard InChI is InChI=1S/C21H23N3O7/c1-12(2)9-24-19(22)18(20(27)23(3)21(24)28)14(25)10-29-17(26)7-5-13-4-6-15-16(8-13)31-11-30-15/h4-8,12H,9-11,22H2,1-3H3/b7-5+. The summed E-state index contributed by atoms with van der Waals surface area (Å²) in [5.41, 5.74) is 4.79. The SMILES string of the molecule is CC(C)Cn1c(N)c(C(=O)COC(=O)/C=C/c2ccc3c(c2)OCO3)c(=O)n(C)c1=O. The number of nitrogens with two attached hydrogens (primary N) is 1. The van der Waals surface area contributed by atoms with Gasteiger partial charge in [0.1, 0.15) is 11.4 Å². The van der Waals surface area contributed by atoms with Crippen molar-refractivity contribution in [3.05, 3.63) is 56.2 Å². The smallest absolute Gasteiger partial charge is 0.332 e. The molecule has 0 unspecified atom stereocenters. The van der Waals surface area contributed by atoms with Crippen LogP contribution < -0.4 is 26.5 Å². The quantitative estimate of drug-likeness (QED) is 0.391. The summed E-state index contributed by atoms with van der Waals surface area (Å²) in [5.74, 6) is -0.576. The Morgan fingerprint density at radius 2 is 1.94 bits per heavy atom. The van der Waals surface area contributed by atoms with Gasteiger partial charge in [-0.25, -0.2) is 9.59 Å².